The Bertz CT molecular complexity index is 548. The molecule has 2 aromatic heterocycles. The smallest absolute Gasteiger partial charge is 0.328 e. The van der Waals surface area contributed by atoms with Gasteiger partial charge in [0.2, 0.25) is 0 Å². The quantitative estimate of drug-likeness (QED) is 0.842. The number of nitrogens with one attached hydrogen (secondary N) is 1. The number of anilines is 1. The molecule has 0 amide bonds. The molecule has 0 saturated carbocycles. The topological polar surface area (TPSA) is 64.4 Å². The molecule has 18 heavy (non-hydrogen) atoms. The van der Waals surface area contributed by atoms with Gasteiger partial charge in [-0.1, -0.05) is 13.8 Å². The molecule has 0 aliphatic rings. The number of carbonyl (C=O) groups excluding carboxylic acids is 1. The number of aromatic nitrogens is 1. The number of ether oxygens (including phenoxy) is 1. The van der Waals surface area contributed by atoms with Crippen LogP contribution in [0, 0.1) is 5.92 Å². The van der Waals surface area contributed by atoms with Crippen molar-refractivity contribution in [3.63, 3.8) is 0 Å². The molecule has 0 bridgehead atoms. The van der Waals surface area contributed by atoms with E-state index in [1.165, 1.54) is 7.11 Å². The van der Waals surface area contributed by atoms with Gasteiger partial charge in [-0.2, -0.15) is 0 Å². The van der Waals surface area contributed by atoms with Gasteiger partial charge in [0.1, 0.15) is 17.4 Å². The molecule has 2 rings (SSSR count). The summed E-state index contributed by atoms with van der Waals surface area (Å²) in [5.74, 6) is 0.430. The highest BCUT2D eigenvalue weighted by Crippen LogP contribution is 2.23. The Balaban J connectivity index is 2.31. The molecule has 2 aromatic rings. The average Bonchev–Trinajstić information content (AvgIpc) is 2.83. The minimum Gasteiger partial charge on any atom is -0.467 e. The van der Waals surface area contributed by atoms with Crippen LogP contribution < -0.4 is 5.32 Å². The van der Waals surface area contributed by atoms with Gasteiger partial charge in [0.25, 0.3) is 0 Å². The molecule has 96 valence electrons. The van der Waals surface area contributed by atoms with Gasteiger partial charge in [0, 0.05) is 6.20 Å². The van der Waals surface area contributed by atoms with Crippen LogP contribution >= 0.6 is 0 Å². The molecule has 5 nitrogen and oxygen atoms in total. The maximum atomic E-state index is 11.7. The second-order valence-corrected chi connectivity index (χ2v) is 4.38. The lowest BCUT2D eigenvalue weighted by atomic mass is 10.0. The maximum absolute atomic E-state index is 11.7. The van der Waals surface area contributed by atoms with Crippen molar-refractivity contribution >= 4 is 22.8 Å². The third-order valence-electron chi connectivity index (χ3n) is 2.79. The fraction of sp³-hybridized carbons (Fsp3) is 0.385. The summed E-state index contributed by atoms with van der Waals surface area (Å²) >= 11 is 0. The van der Waals surface area contributed by atoms with E-state index in [4.69, 9.17) is 9.15 Å². The van der Waals surface area contributed by atoms with Gasteiger partial charge in [0.15, 0.2) is 0 Å². The van der Waals surface area contributed by atoms with Crippen molar-refractivity contribution in [2.75, 3.05) is 12.4 Å². The van der Waals surface area contributed by atoms with Crippen molar-refractivity contribution < 1.29 is 13.9 Å². The number of rotatable bonds is 4. The van der Waals surface area contributed by atoms with Crippen LogP contribution in [-0.4, -0.2) is 24.1 Å². The van der Waals surface area contributed by atoms with Gasteiger partial charge in [0.05, 0.1) is 18.8 Å². The van der Waals surface area contributed by atoms with Crippen LogP contribution in [0.25, 0.3) is 11.0 Å². The van der Waals surface area contributed by atoms with Gasteiger partial charge >= 0.3 is 5.97 Å². The number of methoxy groups -OCH3 is 1. The van der Waals surface area contributed by atoms with E-state index in [0.717, 1.165) is 11.0 Å². The van der Waals surface area contributed by atoms with E-state index in [2.05, 4.69) is 10.3 Å². The summed E-state index contributed by atoms with van der Waals surface area (Å²) in [7, 11) is 1.38. The SMILES string of the molecule is COC(=O)C(Nc1nccc2occc12)C(C)C. The third kappa shape index (κ3) is 2.30. The molecule has 0 fully saturated rings. The highest BCUT2D eigenvalue weighted by Gasteiger charge is 2.24. The fourth-order valence-corrected chi connectivity index (χ4v) is 1.78. The molecule has 2 heterocycles. The number of hydrogen-bond donors (Lipinski definition) is 1. The van der Waals surface area contributed by atoms with Crippen molar-refractivity contribution in [2.45, 2.75) is 19.9 Å². The monoisotopic (exact) mass is 248 g/mol. The lowest BCUT2D eigenvalue weighted by Crippen LogP contribution is -2.35. The molecular formula is C13H16N2O3. The Kier molecular flexibility index (Phi) is 3.50. The van der Waals surface area contributed by atoms with E-state index in [1.807, 2.05) is 19.9 Å². The first kappa shape index (κ1) is 12.4. The normalized spacial score (nSPS) is 12.7. The molecule has 1 N–H and O–H groups in total. The Hall–Kier alpha value is -2.04. The van der Waals surface area contributed by atoms with E-state index in [0.29, 0.717) is 5.82 Å². The molecule has 0 radical (unpaired) electrons. The highest BCUT2D eigenvalue weighted by molar-refractivity contribution is 5.90. The number of pyridine rings is 1. The molecule has 1 atom stereocenters. The van der Waals surface area contributed by atoms with Crippen molar-refractivity contribution in [1.29, 1.82) is 0 Å². The van der Waals surface area contributed by atoms with E-state index >= 15 is 0 Å². The van der Waals surface area contributed by atoms with E-state index in [-0.39, 0.29) is 11.9 Å². The van der Waals surface area contributed by atoms with Crippen LogP contribution in [-0.2, 0) is 9.53 Å². The van der Waals surface area contributed by atoms with E-state index < -0.39 is 6.04 Å². The first-order chi connectivity index (χ1) is 8.63. The first-order valence-electron chi connectivity index (χ1n) is 5.80. The van der Waals surface area contributed by atoms with Gasteiger partial charge in [-0.15, -0.1) is 0 Å². The van der Waals surface area contributed by atoms with Gasteiger partial charge < -0.3 is 14.5 Å². The largest absolute Gasteiger partial charge is 0.467 e. The first-order valence-corrected chi connectivity index (χ1v) is 5.80. The Morgan fingerprint density at radius 1 is 1.44 bits per heavy atom. The molecule has 5 heteroatoms. The molecular weight excluding hydrogens is 232 g/mol. The van der Waals surface area contributed by atoms with E-state index in [9.17, 15) is 4.79 Å². The second-order valence-electron chi connectivity index (χ2n) is 4.38. The maximum Gasteiger partial charge on any atom is 0.328 e. The fourth-order valence-electron chi connectivity index (χ4n) is 1.78. The Morgan fingerprint density at radius 3 is 2.89 bits per heavy atom. The minimum atomic E-state index is -0.428. The van der Waals surface area contributed by atoms with Crippen LogP contribution in [0.3, 0.4) is 0 Å². The zero-order valence-corrected chi connectivity index (χ0v) is 10.6. The van der Waals surface area contributed by atoms with Crippen molar-refractivity contribution in [1.82, 2.24) is 4.98 Å². The number of esters is 1. The standard InChI is InChI=1S/C13H16N2O3/c1-8(2)11(13(16)17-3)15-12-9-5-7-18-10(9)4-6-14-12/h4-8,11H,1-3H3,(H,14,15). The van der Waals surface area contributed by atoms with Crippen LogP contribution in [0.15, 0.2) is 29.0 Å². The molecule has 0 spiro atoms. The third-order valence-corrected chi connectivity index (χ3v) is 2.79. The summed E-state index contributed by atoms with van der Waals surface area (Å²) in [6.45, 7) is 3.90. The van der Waals surface area contributed by atoms with Crippen molar-refractivity contribution in [3.8, 4) is 0 Å². The number of fused-ring (bicyclic) bond motifs is 1. The summed E-state index contributed by atoms with van der Waals surface area (Å²) < 4.78 is 10.1. The minimum absolute atomic E-state index is 0.0985. The second kappa shape index (κ2) is 5.08. The number of furan rings is 1. The Labute approximate surface area is 105 Å². The van der Waals surface area contributed by atoms with Crippen LogP contribution in [0.2, 0.25) is 0 Å². The predicted octanol–water partition coefficient (Wildman–Crippen LogP) is 2.44. The van der Waals surface area contributed by atoms with Crippen LogP contribution in [0.5, 0.6) is 0 Å². The van der Waals surface area contributed by atoms with Crippen molar-refractivity contribution in [3.05, 3.63) is 24.6 Å². The molecule has 0 aliphatic heterocycles. The highest BCUT2D eigenvalue weighted by atomic mass is 16.5. The van der Waals surface area contributed by atoms with Gasteiger partial charge in [-0.05, 0) is 18.1 Å². The molecule has 1 unspecified atom stereocenters. The van der Waals surface area contributed by atoms with Crippen LogP contribution in [0.4, 0.5) is 5.82 Å². The number of nitrogens with zero attached hydrogens (tertiary/aromatic N) is 1. The van der Waals surface area contributed by atoms with Gasteiger partial charge in [-0.3, -0.25) is 0 Å². The predicted molar refractivity (Wildman–Crippen MR) is 68.3 cm³/mol. The summed E-state index contributed by atoms with van der Waals surface area (Å²) in [5.41, 5.74) is 0.736. The van der Waals surface area contributed by atoms with Crippen molar-refractivity contribution in [2.24, 2.45) is 5.92 Å². The molecule has 0 aliphatic carbocycles. The summed E-state index contributed by atoms with van der Waals surface area (Å²) in [5, 5.41) is 3.97. The number of carbonyl (C=O) groups is 1. The van der Waals surface area contributed by atoms with Crippen LogP contribution in [0.1, 0.15) is 13.8 Å². The zero-order chi connectivity index (χ0) is 13.1. The lowest BCUT2D eigenvalue weighted by molar-refractivity contribution is -0.142. The summed E-state index contributed by atoms with van der Waals surface area (Å²) in [6.07, 6.45) is 3.24. The molecule has 0 saturated heterocycles. The Morgan fingerprint density at radius 2 is 2.22 bits per heavy atom. The van der Waals surface area contributed by atoms with Gasteiger partial charge in [-0.25, -0.2) is 9.78 Å². The zero-order valence-electron chi connectivity index (χ0n) is 10.6. The lowest BCUT2D eigenvalue weighted by Gasteiger charge is -2.20. The number of hydrogen-bond acceptors (Lipinski definition) is 5. The average molecular weight is 248 g/mol. The summed E-state index contributed by atoms with van der Waals surface area (Å²) in [4.78, 5) is 15.9. The summed E-state index contributed by atoms with van der Waals surface area (Å²) in [6, 6.07) is 3.17. The van der Waals surface area contributed by atoms with E-state index in [1.54, 1.807) is 18.5 Å². The molecule has 0 aromatic carbocycles.